The molecule has 0 atom stereocenters. The van der Waals surface area contributed by atoms with E-state index < -0.39 is 66.0 Å². The molecule has 0 aliphatic rings. The Balaban J connectivity index is 1.93. The number of aliphatic carboxylic acids is 2. The average Bonchev–Trinajstić information content (AvgIpc) is 2.74. The van der Waals surface area contributed by atoms with Gasteiger partial charge in [-0.15, -0.1) is 0 Å². The van der Waals surface area contributed by atoms with E-state index >= 15 is 4.39 Å². The van der Waals surface area contributed by atoms with Crippen LogP contribution >= 0.6 is 0 Å². The molecule has 1 aromatic heterocycles. The SMILES string of the molecule is O=C(O)CC(=O)OC(Nc1ccc(F)c(-c2ccc3ncccc3c2)c1F)OC(=O)CC(=O)O. The second kappa shape index (κ2) is 10.3. The van der Waals surface area contributed by atoms with Gasteiger partial charge in [-0.05, 0) is 35.9 Å². The Morgan fingerprint density at radius 3 is 2.21 bits per heavy atom. The van der Waals surface area contributed by atoms with Gasteiger partial charge in [0.05, 0.1) is 16.8 Å². The lowest BCUT2D eigenvalue weighted by atomic mass is 10.0. The normalized spacial score (nSPS) is 10.7. The minimum atomic E-state index is -2.09. The Morgan fingerprint density at radius 1 is 0.941 bits per heavy atom. The minimum Gasteiger partial charge on any atom is -0.481 e. The van der Waals surface area contributed by atoms with E-state index in [0.29, 0.717) is 10.9 Å². The molecule has 0 radical (unpaired) electrons. The summed E-state index contributed by atoms with van der Waals surface area (Å²) in [6, 6.07) is 9.70. The molecule has 0 aliphatic heterocycles. The van der Waals surface area contributed by atoms with Crippen LogP contribution in [0.2, 0.25) is 0 Å². The Bertz CT molecular complexity index is 1250. The first-order valence-electron chi connectivity index (χ1n) is 9.56. The molecule has 34 heavy (non-hydrogen) atoms. The van der Waals surface area contributed by atoms with Gasteiger partial charge in [-0.3, -0.25) is 24.2 Å². The summed E-state index contributed by atoms with van der Waals surface area (Å²) >= 11 is 0. The van der Waals surface area contributed by atoms with Crippen molar-refractivity contribution < 1.29 is 47.6 Å². The van der Waals surface area contributed by atoms with Crippen LogP contribution in [0, 0.1) is 11.6 Å². The van der Waals surface area contributed by atoms with Crippen molar-refractivity contribution in [3.8, 4) is 11.1 Å². The molecule has 3 aromatic rings. The van der Waals surface area contributed by atoms with E-state index in [4.69, 9.17) is 10.2 Å². The average molecular weight is 474 g/mol. The number of nitrogens with one attached hydrogen (secondary N) is 1. The number of aromatic nitrogens is 1. The van der Waals surface area contributed by atoms with Crippen LogP contribution in [-0.4, -0.2) is 45.5 Å². The summed E-state index contributed by atoms with van der Waals surface area (Å²) in [5.74, 6) is -7.90. The lowest BCUT2D eigenvalue weighted by Gasteiger charge is -2.21. The first-order chi connectivity index (χ1) is 16.1. The number of pyridine rings is 1. The molecule has 0 aliphatic carbocycles. The Hall–Kier alpha value is -4.61. The van der Waals surface area contributed by atoms with E-state index in [2.05, 4.69) is 19.8 Å². The molecule has 176 valence electrons. The fraction of sp³-hybridized carbons (Fsp3) is 0.136. The second-order valence-electron chi connectivity index (χ2n) is 6.79. The van der Waals surface area contributed by atoms with Crippen molar-refractivity contribution in [2.24, 2.45) is 0 Å². The van der Waals surface area contributed by atoms with Gasteiger partial charge in [0.15, 0.2) is 5.82 Å². The third kappa shape index (κ3) is 6.00. The van der Waals surface area contributed by atoms with Crippen molar-refractivity contribution in [1.82, 2.24) is 4.98 Å². The lowest BCUT2D eigenvalue weighted by molar-refractivity contribution is -0.184. The van der Waals surface area contributed by atoms with E-state index in [-0.39, 0.29) is 5.56 Å². The van der Waals surface area contributed by atoms with Gasteiger partial charge in [0.2, 0.25) is 0 Å². The number of carboxylic acid groups (broad SMARTS) is 2. The first-order valence-corrected chi connectivity index (χ1v) is 9.56. The zero-order valence-corrected chi connectivity index (χ0v) is 17.2. The van der Waals surface area contributed by atoms with E-state index in [1.54, 1.807) is 24.4 Å². The van der Waals surface area contributed by atoms with Crippen LogP contribution in [0.15, 0.2) is 48.7 Å². The fourth-order valence-corrected chi connectivity index (χ4v) is 2.94. The van der Waals surface area contributed by atoms with E-state index in [0.717, 1.165) is 12.1 Å². The number of carbonyl (C=O) groups excluding carboxylic acids is 2. The topological polar surface area (TPSA) is 152 Å². The minimum absolute atomic E-state index is 0.154. The predicted octanol–water partition coefficient (Wildman–Crippen LogP) is 2.91. The number of halogens is 2. The van der Waals surface area contributed by atoms with Crippen molar-refractivity contribution in [1.29, 1.82) is 0 Å². The Labute approximate surface area is 189 Å². The molecule has 0 spiro atoms. The summed E-state index contributed by atoms with van der Waals surface area (Å²) in [4.78, 5) is 48.9. The summed E-state index contributed by atoms with van der Waals surface area (Å²) in [7, 11) is 0. The molecule has 2 aromatic carbocycles. The number of fused-ring (bicyclic) bond motifs is 1. The molecule has 0 bridgehead atoms. The van der Waals surface area contributed by atoms with Crippen LogP contribution in [0.25, 0.3) is 22.0 Å². The fourth-order valence-electron chi connectivity index (χ4n) is 2.94. The predicted molar refractivity (Wildman–Crippen MR) is 111 cm³/mol. The first kappa shape index (κ1) is 24.0. The van der Waals surface area contributed by atoms with Gasteiger partial charge in [-0.2, -0.15) is 0 Å². The quantitative estimate of drug-likeness (QED) is 0.240. The zero-order valence-electron chi connectivity index (χ0n) is 17.2. The Morgan fingerprint density at radius 2 is 1.59 bits per heavy atom. The molecule has 0 saturated carbocycles. The molecule has 0 amide bonds. The van der Waals surface area contributed by atoms with Gasteiger partial charge < -0.3 is 25.0 Å². The molecule has 0 saturated heterocycles. The highest BCUT2D eigenvalue weighted by Gasteiger charge is 2.25. The number of ether oxygens (including phenoxy) is 2. The van der Waals surface area contributed by atoms with Gasteiger partial charge >= 0.3 is 30.3 Å². The van der Waals surface area contributed by atoms with Crippen LogP contribution in [0.5, 0.6) is 0 Å². The highest BCUT2D eigenvalue weighted by molar-refractivity contribution is 5.91. The molecule has 0 unspecified atom stereocenters. The largest absolute Gasteiger partial charge is 0.481 e. The number of hydrogen-bond donors (Lipinski definition) is 3. The molecule has 12 heteroatoms. The molecule has 1 heterocycles. The molecule has 3 N–H and O–H groups in total. The monoisotopic (exact) mass is 474 g/mol. The highest BCUT2D eigenvalue weighted by atomic mass is 19.1. The number of anilines is 1. The summed E-state index contributed by atoms with van der Waals surface area (Å²) < 4.78 is 39.2. The van der Waals surface area contributed by atoms with Gasteiger partial charge in [0, 0.05) is 11.6 Å². The number of carbonyl (C=O) groups is 4. The molecular formula is C22H16F2N2O8. The number of hydrogen-bond acceptors (Lipinski definition) is 8. The van der Waals surface area contributed by atoms with Crippen LogP contribution in [0.3, 0.4) is 0 Å². The van der Waals surface area contributed by atoms with Gasteiger partial charge in [-0.1, -0.05) is 12.1 Å². The summed E-state index contributed by atoms with van der Waals surface area (Å²) in [5.41, 5.74) is -0.180. The van der Waals surface area contributed by atoms with Crippen LogP contribution in [0.1, 0.15) is 12.8 Å². The molecule has 3 rings (SSSR count). The van der Waals surface area contributed by atoms with Crippen LogP contribution < -0.4 is 5.32 Å². The van der Waals surface area contributed by atoms with E-state index in [1.165, 1.54) is 12.1 Å². The number of carboxylic acids is 2. The highest BCUT2D eigenvalue weighted by Crippen LogP contribution is 2.32. The van der Waals surface area contributed by atoms with Crippen molar-refractivity contribution in [3.05, 3.63) is 60.3 Å². The van der Waals surface area contributed by atoms with Gasteiger partial charge in [0.1, 0.15) is 18.7 Å². The van der Waals surface area contributed by atoms with Gasteiger partial charge in [-0.25, -0.2) is 8.78 Å². The van der Waals surface area contributed by atoms with Crippen LogP contribution in [0.4, 0.5) is 14.5 Å². The number of nitrogens with zero attached hydrogens (tertiary/aromatic N) is 1. The van der Waals surface area contributed by atoms with Crippen molar-refractivity contribution in [3.63, 3.8) is 0 Å². The summed E-state index contributed by atoms with van der Waals surface area (Å²) in [6.07, 6.45) is -2.76. The van der Waals surface area contributed by atoms with E-state index in [9.17, 15) is 23.6 Å². The third-order valence-electron chi connectivity index (χ3n) is 4.32. The number of esters is 2. The van der Waals surface area contributed by atoms with Gasteiger partial charge in [0.25, 0.3) is 0 Å². The lowest BCUT2D eigenvalue weighted by Crippen LogP contribution is -2.33. The molecule has 0 fully saturated rings. The second-order valence-corrected chi connectivity index (χ2v) is 6.79. The number of benzene rings is 2. The summed E-state index contributed by atoms with van der Waals surface area (Å²) in [5, 5.41) is 20.2. The Kier molecular flexibility index (Phi) is 7.31. The van der Waals surface area contributed by atoms with Crippen molar-refractivity contribution in [2.75, 3.05) is 5.32 Å². The maximum atomic E-state index is 15.3. The van der Waals surface area contributed by atoms with E-state index in [1.807, 2.05) is 0 Å². The third-order valence-corrected chi connectivity index (χ3v) is 4.32. The maximum absolute atomic E-state index is 15.3. The molecular weight excluding hydrogens is 458 g/mol. The summed E-state index contributed by atoms with van der Waals surface area (Å²) in [6.45, 7) is 0. The number of rotatable bonds is 9. The van der Waals surface area contributed by atoms with Crippen molar-refractivity contribution in [2.45, 2.75) is 19.3 Å². The smallest absolute Gasteiger partial charge is 0.329 e. The van der Waals surface area contributed by atoms with Crippen molar-refractivity contribution >= 4 is 40.5 Å². The zero-order chi connectivity index (χ0) is 24.8. The van der Waals surface area contributed by atoms with Crippen LogP contribution in [-0.2, 0) is 28.7 Å². The maximum Gasteiger partial charge on any atom is 0.329 e. The standard InChI is InChI=1S/C22H16F2N2O8/c23-13-4-6-15(21(24)20(13)12-3-5-14-11(8-12)2-1-7-25-14)26-22(33-18(31)9-16(27)28)34-19(32)10-17(29)30/h1-8,22,26H,9-10H2,(H,27,28)(H,29,30). The molecule has 10 nitrogen and oxygen atoms in total.